The molecular formula is C10H10N4O4. The van der Waals surface area contributed by atoms with Crippen molar-refractivity contribution in [1.29, 1.82) is 0 Å². The fourth-order valence-corrected chi connectivity index (χ4v) is 1.78. The van der Waals surface area contributed by atoms with Gasteiger partial charge in [-0.1, -0.05) is 0 Å². The first-order chi connectivity index (χ1) is 8.34. The molecule has 0 aliphatic heterocycles. The highest BCUT2D eigenvalue weighted by molar-refractivity contribution is 5.84. The van der Waals surface area contributed by atoms with E-state index < -0.39 is 16.0 Å². The summed E-state index contributed by atoms with van der Waals surface area (Å²) in [7, 11) is 2.79. The van der Waals surface area contributed by atoms with Crippen molar-refractivity contribution in [2.75, 3.05) is 5.73 Å². The first-order valence-electron chi connectivity index (χ1n) is 4.98. The molecule has 0 aliphatic carbocycles. The minimum atomic E-state index is -0.746. The molecular weight excluding hydrogens is 240 g/mol. The first kappa shape index (κ1) is 11.8. The summed E-state index contributed by atoms with van der Waals surface area (Å²) in [5.41, 5.74) is 4.39. The fraction of sp³-hybridized carbons (Fsp3) is 0.200. The van der Waals surface area contributed by atoms with Crippen LogP contribution in [0.5, 0.6) is 0 Å². The number of aromatic nitrogens is 2. The van der Waals surface area contributed by atoms with E-state index >= 15 is 0 Å². The SMILES string of the molecule is Cn1c(=O)c(=O)n(C)c2cc([N+](=O)[O-])c(N)cc21. The number of nitrogens with two attached hydrogens (primary N) is 1. The number of fused-ring (bicyclic) bond motifs is 1. The predicted molar refractivity (Wildman–Crippen MR) is 65.5 cm³/mol. The molecule has 2 N–H and O–H groups in total. The number of aryl methyl sites for hydroxylation is 2. The van der Waals surface area contributed by atoms with Crippen LogP contribution in [-0.2, 0) is 14.1 Å². The number of nitrogens with zero attached hydrogens (tertiary/aromatic N) is 3. The Labute approximate surface area is 100 Å². The molecule has 0 saturated carbocycles. The van der Waals surface area contributed by atoms with Gasteiger partial charge in [0.05, 0.1) is 16.0 Å². The average Bonchev–Trinajstić information content (AvgIpc) is 2.33. The maximum Gasteiger partial charge on any atom is 0.316 e. The molecule has 1 aromatic heterocycles. The summed E-state index contributed by atoms with van der Waals surface area (Å²) in [5.74, 6) is 0. The van der Waals surface area contributed by atoms with Gasteiger partial charge < -0.3 is 14.9 Å². The Bertz CT molecular complexity index is 787. The Kier molecular flexibility index (Phi) is 2.43. The van der Waals surface area contributed by atoms with E-state index in [1.807, 2.05) is 0 Å². The van der Waals surface area contributed by atoms with E-state index in [-0.39, 0.29) is 16.9 Å². The molecule has 1 heterocycles. The Morgan fingerprint density at radius 1 is 1.11 bits per heavy atom. The van der Waals surface area contributed by atoms with Crippen molar-refractivity contribution in [3.05, 3.63) is 43.0 Å². The lowest BCUT2D eigenvalue weighted by atomic mass is 10.2. The zero-order chi connectivity index (χ0) is 13.6. The zero-order valence-electron chi connectivity index (χ0n) is 9.71. The third-order valence-electron chi connectivity index (χ3n) is 2.84. The van der Waals surface area contributed by atoms with Gasteiger partial charge in [-0.15, -0.1) is 0 Å². The van der Waals surface area contributed by atoms with Crippen molar-refractivity contribution in [2.45, 2.75) is 0 Å². The standard InChI is InChI=1S/C10H10N4O4/c1-12-7-3-5(11)6(14(17)18)4-8(7)13(2)10(16)9(12)15/h3-4H,11H2,1-2H3. The van der Waals surface area contributed by atoms with Gasteiger partial charge in [0.1, 0.15) is 5.69 Å². The molecule has 1 aromatic carbocycles. The van der Waals surface area contributed by atoms with Crippen LogP contribution in [0.3, 0.4) is 0 Å². The Morgan fingerprint density at radius 3 is 2.00 bits per heavy atom. The minimum absolute atomic E-state index is 0.0545. The molecule has 0 unspecified atom stereocenters. The van der Waals surface area contributed by atoms with E-state index in [1.54, 1.807) is 0 Å². The van der Waals surface area contributed by atoms with Crippen molar-refractivity contribution in [2.24, 2.45) is 14.1 Å². The topological polar surface area (TPSA) is 113 Å². The maximum atomic E-state index is 11.6. The number of nitro benzene ring substituents is 1. The number of anilines is 1. The Hall–Kier alpha value is -2.64. The molecule has 0 spiro atoms. The molecule has 18 heavy (non-hydrogen) atoms. The molecule has 94 valence electrons. The van der Waals surface area contributed by atoms with Crippen LogP contribution in [0.2, 0.25) is 0 Å². The van der Waals surface area contributed by atoms with Crippen molar-refractivity contribution < 1.29 is 4.92 Å². The summed E-state index contributed by atoms with van der Waals surface area (Å²) in [6, 6.07) is 2.50. The number of benzene rings is 1. The molecule has 8 heteroatoms. The second-order valence-electron chi connectivity index (χ2n) is 3.89. The highest BCUT2D eigenvalue weighted by Crippen LogP contribution is 2.25. The Balaban J connectivity index is 3.08. The van der Waals surface area contributed by atoms with E-state index in [4.69, 9.17) is 5.73 Å². The van der Waals surface area contributed by atoms with Crippen molar-refractivity contribution in [1.82, 2.24) is 9.13 Å². The summed E-state index contributed by atoms with van der Waals surface area (Å²) >= 11 is 0. The van der Waals surface area contributed by atoms with Crippen LogP contribution in [0.1, 0.15) is 0 Å². The van der Waals surface area contributed by atoms with Gasteiger partial charge in [0.15, 0.2) is 0 Å². The van der Waals surface area contributed by atoms with Crippen LogP contribution in [-0.4, -0.2) is 14.1 Å². The molecule has 0 bridgehead atoms. The predicted octanol–water partition coefficient (Wildman–Crippen LogP) is -0.272. The van der Waals surface area contributed by atoms with Crippen molar-refractivity contribution >= 4 is 22.4 Å². The maximum absolute atomic E-state index is 11.6. The summed E-state index contributed by atoms with van der Waals surface area (Å²) in [5, 5.41) is 10.8. The summed E-state index contributed by atoms with van der Waals surface area (Å²) in [6.07, 6.45) is 0. The van der Waals surface area contributed by atoms with E-state index in [9.17, 15) is 19.7 Å². The molecule has 2 aromatic rings. The second kappa shape index (κ2) is 3.69. The summed E-state index contributed by atoms with van der Waals surface area (Å²) in [4.78, 5) is 33.3. The molecule has 0 radical (unpaired) electrons. The smallest absolute Gasteiger partial charge is 0.316 e. The van der Waals surface area contributed by atoms with Crippen LogP contribution in [0, 0.1) is 10.1 Å². The zero-order valence-corrected chi connectivity index (χ0v) is 9.71. The van der Waals surface area contributed by atoms with Gasteiger partial charge in [0.2, 0.25) is 0 Å². The highest BCUT2D eigenvalue weighted by atomic mass is 16.6. The minimum Gasteiger partial charge on any atom is -0.393 e. The molecule has 0 aliphatic rings. The number of hydrogen-bond acceptors (Lipinski definition) is 5. The van der Waals surface area contributed by atoms with E-state index in [1.165, 1.54) is 26.2 Å². The summed E-state index contributed by atoms with van der Waals surface area (Å²) < 4.78 is 2.20. The molecule has 0 fully saturated rings. The third-order valence-corrected chi connectivity index (χ3v) is 2.84. The number of nitrogen functional groups attached to an aromatic ring is 1. The quantitative estimate of drug-likeness (QED) is 0.324. The normalized spacial score (nSPS) is 10.8. The number of hydrogen-bond donors (Lipinski definition) is 1. The van der Waals surface area contributed by atoms with E-state index in [2.05, 4.69) is 0 Å². The molecule has 2 rings (SSSR count). The average molecular weight is 250 g/mol. The van der Waals surface area contributed by atoms with Gasteiger partial charge in [0, 0.05) is 20.2 Å². The van der Waals surface area contributed by atoms with Gasteiger partial charge in [-0.25, -0.2) is 0 Å². The van der Waals surface area contributed by atoms with Crippen LogP contribution in [0.4, 0.5) is 11.4 Å². The molecule has 0 atom stereocenters. The largest absolute Gasteiger partial charge is 0.393 e. The van der Waals surface area contributed by atoms with Gasteiger partial charge in [-0.2, -0.15) is 0 Å². The lowest BCUT2D eigenvalue weighted by Gasteiger charge is -2.09. The molecule has 8 nitrogen and oxygen atoms in total. The lowest BCUT2D eigenvalue weighted by molar-refractivity contribution is -0.383. The molecule has 0 amide bonds. The fourth-order valence-electron chi connectivity index (χ4n) is 1.78. The van der Waals surface area contributed by atoms with Crippen LogP contribution >= 0.6 is 0 Å². The number of nitro groups is 1. The van der Waals surface area contributed by atoms with Crippen molar-refractivity contribution in [3.63, 3.8) is 0 Å². The lowest BCUT2D eigenvalue weighted by Crippen LogP contribution is -2.39. The third kappa shape index (κ3) is 1.46. The van der Waals surface area contributed by atoms with Crippen molar-refractivity contribution in [3.8, 4) is 0 Å². The van der Waals surface area contributed by atoms with Gasteiger partial charge in [-0.05, 0) is 6.07 Å². The van der Waals surface area contributed by atoms with E-state index in [0.717, 1.165) is 9.13 Å². The van der Waals surface area contributed by atoms with Crippen LogP contribution < -0.4 is 16.9 Å². The van der Waals surface area contributed by atoms with Gasteiger partial charge in [-0.3, -0.25) is 19.7 Å². The summed E-state index contributed by atoms with van der Waals surface area (Å²) in [6.45, 7) is 0. The highest BCUT2D eigenvalue weighted by Gasteiger charge is 2.17. The first-order valence-corrected chi connectivity index (χ1v) is 4.98. The molecule has 0 saturated heterocycles. The second-order valence-corrected chi connectivity index (χ2v) is 3.89. The van der Waals surface area contributed by atoms with Gasteiger partial charge >= 0.3 is 11.1 Å². The van der Waals surface area contributed by atoms with Gasteiger partial charge in [0.25, 0.3) is 5.69 Å². The monoisotopic (exact) mass is 250 g/mol. The van der Waals surface area contributed by atoms with E-state index in [0.29, 0.717) is 5.52 Å². The van der Waals surface area contributed by atoms with Crippen LogP contribution in [0.15, 0.2) is 21.7 Å². The Morgan fingerprint density at radius 2 is 1.56 bits per heavy atom. The van der Waals surface area contributed by atoms with Crippen LogP contribution in [0.25, 0.3) is 11.0 Å². The number of rotatable bonds is 1.